The molecule has 0 saturated heterocycles. The monoisotopic (exact) mass is 311 g/mol. The summed E-state index contributed by atoms with van der Waals surface area (Å²) in [5, 5.41) is 12.5. The van der Waals surface area contributed by atoms with Gasteiger partial charge in [-0.3, -0.25) is 0 Å². The summed E-state index contributed by atoms with van der Waals surface area (Å²) in [5.41, 5.74) is 6.80. The molecule has 0 spiro atoms. The van der Waals surface area contributed by atoms with Crippen LogP contribution in [0.25, 0.3) is 0 Å². The zero-order valence-corrected chi connectivity index (χ0v) is 11.8. The first-order valence-electron chi connectivity index (χ1n) is 6.16. The van der Waals surface area contributed by atoms with Crippen LogP contribution in [-0.4, -0.2) is 17.6 Å². The van der Waals surface area contributed by atoms with Crippen molar-refractivity contribution >= 4 is 21.9 Å². The number of phenols is 1. The number of hydrogen-bond donors (Lipinski definition) is 3. The van der Waals surface area contributed by atoms with Crippen molar-refractivity contribution in [1.82, 2.24) is 5.32 Å². The number of nitrogens with zero attached hydrogens (tertiary/aromatic N) is 1. The predicted molar refractivity (Wildman–Crippen MR) is 76.5 cm³/mol. The van der Waals surface area contributed by atoms with Crippen LogP contribution in [0.15, 0.2) is 27.7 Å². The molecule has 0 bridgehead atoms. The molecule has 1 aromatic carbocycles. The maximum absolute atomic E-state index is 9.38. The Labute approximate surface area is 115 Å². The highest BCUT2D eigenvalue weighted by Crippen LogP contribution is 2.25. The summed E-state index contributed by atoms with van der Waals surface area (Å²) in [6.45, 7) is 1.44. The second-order valence-corrected chi connectivity index (χ2v) is 5.52. The van der Waals surface area contributed by atoms with E-state index < -0.39 is 0 Å². The number of halogens is 1. The third-order valence-corrected chi connectivity index (χ3v) is 3.88. The van der Waals surface area contributed by atoms with Crippen LogP contribution in [0, 0.1) is 5.92 Å². The quantitative estimate of drug-likeness (QED) is 0.590. The molecule has 4 N–H and O–H groups in total. The average Bonchev–Trinajstić information content (AvgIpc) is 2.29. The van der Waals surface area contributed by atoms with Crippen LogP contribution in [0.1, 0.15) is 24.8 Å². The molecule has 2 rings (SSSR count). The Balaban J connectivity index is 1.82. The highest BCUT2D eigenvalue weighted by Gasteiger charge is 2.16. The summed E-state index contributed by atoms with van der Waals surface area (Å²) in [4.78, 5) is 4.28. The van der Waals surface area contributed by atoms with Gasteiger partial charge in [0.05, 0.1) is 11.0 Å². The van der Waals surface area contributed by atoms with Crippen LogP contribution in [0.5, 0.6) is 5.75 Å². The second kappa shape index (κ2) is 6.09. The van der Waals surface area contributed by atoms with E-state index in [9.17, 15) is 5.11 Å². The molecule has 18 heavy (non-hydrogen) atoms. The Bertz CT molecular complexity index is 444. The standard InChI is InChI=1S/C13H18BrN3O/c14-11-6-10(4-5-12(11)18)8-17-13(15)16-7-9-2-1-3-9/h4-6,9,18H,1-3,7-8H2,(H3,15,16,17). The summed E-state index contributed by atoms with van der Waals surface area (Å²) in [6.07, 6.45) is 3.93. The summed E-state index contributed by atoms with van der Waals surface area (Å²) in [7, 11) is 0. The first-order valence-corrected chi connectivity index (χ1v) is 6.95. The van der Waals surface area contributed by atoms with Gasteiger partial charge in [0.1, 0.15) is 5.75 Å². The fourth-order valence-corrected chi connectivity index (χ4v) is 2.25. The number of nitrogens with one attached hydrogen (secondary N) is 1. The van der Waals surface area contributed by atoms with E-state index in [0.29, 0.717) is 17.0 Å². The largest absolute Gasteiger partial charge is 0.507 e. The van der Waals surface area contributed by atoms with E-state index in [2.05, 4.69) is 26.2 Å². The molecule has 0 atom stereocenters. The van der Waals surface area contributed by atoms with Crippen molar-refractivity contribution in [2.45, 2.75) is 25.8 Å². The minimum Gasteiger partial charge on any atom is -0.507 e. The number of phenolic OH excluding ortho intramolecular Hbond substituents is 1. The number of guanidine groups is 1. The lowest BCUT2D eigenvalue weighted by Crippen LogP contribution is -2.37. The van der Waals surface area contributed by atoms with Crippen LogP contribution >= 0.6 is 15.9 Å². The third kappa shape index (κ3) is 3.63. The first-order chi connectivity index (χ1) is 8.65. The van der Waals surface area contributed by atoms with Gasteiger partial charge >= 0.3 is 0 Å². The lowest BCUT2D eigenvalue weighted by Gasteiger charge is -2.25. The molecule has 5 heteroatoms. The number of hydrogen-bond acceptors (Lipinski definition) is 2. The average molecular weight is 312 g/mol. The van der Waals surface area contributed by atoms with E-state index in [1.54, 1.807) is 6.07 Å². The van der Waals surface area contributed by atoms with E-state index in [1.807, 2.05) is 12.1 Å². The molecule has 4 nitrogen and oxygen atoms in total. The van der Waals surface area contributed by atoms with E-state index in [1.165, 1.54) is 19.3 Å². The summed E-state index contributed by atoms with van der Waals surface area (Å²) in [5.74, 6) is 1.49. The first kappa shape index (κ1) is 13.2. The predicted octanol–water partition coefficient (Wildman–Crippen LogP) is 2.36. The van der Waals surface area contributed by atoms with Crippen molar-refractivity contribution in [1.29, 1.82) is 0 Å². The minimum atomic E-state index is 0.235. The molecule has 1 fully saturated rings. The zero-order chi connectivity index (χ0) is 13.0. The van der Waals surface area contributed by atoms with Crippen LogP contribution in [0.3, 0.4) is 0 Å². The third-order valence-electron chi connectivity index (χ3n) is 3.24. The van der Waals surface area contributed by atoms with Gasteiger partial charge in [0.2, 0.25) is 0 Å². The van der Waals surface area contributed by atoms with Gasteiger partial charge < -0.3 is 16.2 Å². The van der Waals surface area contributed by atoms with E-state index in [0.717, 1.165) is 18.0 Å². The topological polar surface area (TPSA) is 70.6 Å². The summed E-state index contributed by atoms with van der Waals surface area (Å²) in [6, 6.07) is 5.33. The molecular weight excluding hydrogens is 294 g/mol. The normalized spacial score (nSPS) is 16.4. The van der Waals surface area contributed by atoms with E-state index >= 15 is 0 Å². The highest BCUT2D eigenvalue weighted by atomic mass is 79.9. The number of benzene rings is 1. The smallest absolute Gasteiger partial charge is 0.188 e. The fourth-order valence-electron chi connectivity index (χ4n) is 1.83. The Morgan fingerprint density at radius 2 is 2.28 bits per heavy atom. The van der Waals surface area contributed by atoms with E-state index in [4.69, 9.17) is 5.73 Å². The van der Waals surface area contributed by atoms with Crippen molar-refractivity contribution in [2.24, 2.45) is 16.6 Å². The Morgan fingerprint density at radius 3 is 2.89 bits per heavy atom. The highest BCUT2D eigenvalue weighted by molar-refractivity contribution is 9.10. The molecule has 0 aliphatic heterocycles. The fraction of sp³-hybridized carbons (Fsp3) is 0.462. The van der Waals surface area contributed by atoms with Gasteiger partial charge in [-0.05, 0) is 52.4 Å². The van der Waals surface area contributed by atoms with Crippen molar-refractivity contribution in [3.05, 3.63) is 28.2 Å². The molecular formula is C13H18BrN3O. The number of nitrogens with two attached hydrogens (primary N) is 1. The lowest BCUT2D eigenvalue weighted by molar-refractivity contribution is 0.315. The van der Waals surface area contributed by atoms with Gasteiger partial charge in [-0.2, -0.15) is 0 Å². The molecule has 1 saturated carbocycles. The van der Waals surface area contributed by atoms with Crippen LogP contribution in [0.2, 0.25) is 0 Å². The number of aliphatic imine (C=N–C) groups is 1. The van der Waals surface area contributed by atoms with Crippen LogP contribution in [-0.2, 0) is 6.54 Å². The van der Waals surface area contributed by atoms with E-state index in [-0.39, 0.29) is 5.75 Å². The van der Waals surface area contributed by atoms with Gasteiger partial charge in [-0.15, -0.1) is 0 Å². The van der Waals surface area contributed by atoms with Crippen molar-refractivity contribution < 1.29 is 5.11 Å². The summed E-state index contributed by atoms with van der Waals surface area (Å²) < 4.78 is 0.677. The number of aromatic hydroxyl groups is 1. The molecule has 0 radical (unpaired) electrons. The van der Waals surface area contributed by atoms with Gasteiger partial charge in [0.25, 0.3) is 0 Å². The van der Waals surface area contributed by atoms with Gasteiger partial charge in [0.15, 0.2) is 5.96 Å². The van der Waals surface area contributed by atoms with Crippen molar-refractivity contribution in [3.8, 4) is 5.75 Å². The molecule has 0 heterocycles. The Kier molecular flexibility index (Phi) is 4.47. The van der Waals surface area contributed by atoms with Crippen LogP contribution in [0.4, 0.5) is 0 Å². The minimum absolute atomic E-state index is 0.235. The van der Waals surface area contributed by atoms with Crippen LogP contribution < -0.4 is 11.1 Å². The molecule has 0 amide bonds. The van der Waals surface area contributed by atoms with Gasteiger partial charge in [-0.25, -0.2) is 4.99 Å². The van der Waals surface area contributed by atoms with Gasteiger partial charge in [-0.1, -0.05) is 12.5 Å². The molecule has 1 aromatic rings. The molecule has 0 aromatic heterocycles. The zero-order valence-electron chi connectivity index (χ0n) is 10.2. The van der Waals surface area contributed by atoms with Crippen molar-refractivity contribution in [3.63, 3.8) is 0 Å². The SMILES string of the molecule is NC(=NCc1ccc(O)c(Br)c1)NCC1CCC1. The van der Waals surface area contributed by atoms with Crippen molar-refractivity contribution in [2.75, 3.05) is 6.54 Å². The maximum atomic E-state index is 9.38. The Hall–Kier alpha value is -1.23. The number of rotatable bonds is 4. The maximum Gasteiger partial charge on any atom is 0.188 e. The Morgan fingerprint density at radius 1 is 1.50 bits per heavy atom. The molecule has 0 unspecified atom stereocenters. The lowest BCUT2D eigenvalue weighted by atomic mass is 9.85. The molecule has 98 valence electrons. The summed E-state index contributed by atoms with van der Waals surface area (Å²) >= 11 is 3.27. The molecule has 1 aliphatic rings. The van der Waals surface area contributed by atoms with Gasteiger partial charge in [0, 0.05) is 6.54 Å². The molecule has 1 aliphatic carbocycles. The second-order valence-electron chi connectivity index (χ2n) is 4.67.